The molecule has 0 amide bonds. The maximum atomic E-state index is 9.11. The first-order valence-electron chi connectivity index (χ1n) is 10.5. The number of likely N-dealkylation sites (tertiary alicyclic amines) is 1. The average Bonchev–Trinajstić information content (AvgIpc) is 3.50. The Balaban J connectivity index is 1.35. The number of benzene rings is 1. The lowest BCUT2D eigenvalue weighted by atomic mass is 9.98. The van der Waals surface area contributed by atoms with Crippen molar-refractivity contribution >= 4 is 27.0 Å². The van der Waals surface area contributed by atoms with E-state index in [9.17, 15) is 0 Å². The van der Waals surface area contributed by atoms with Crippen molar-refractivity contribution in [3.63, 3.8) is 0 Å². The van der Waals surface area contributed by atoms with Crippen molar-refractivity contribution in [3.05, 3.63) is 40.5 Å². The number of hydrogen-bond donors (Lipinski definition) is 0. The number of rotatable bonds is 6. The highest BCUT2D eigenvalue weighted by Crippen LogP contribution is 2.37. The van der Waals surface area contributed by atoms with E-state index in [1.165, 1.54) is 12.8 Å². The summed E-state index contributed by atoms with van der Waals surface area (Å²) in [6, 6.07) is 10.4. The van der Waals surface area contributed by atoms with Gasteiger partial charge in [-0.25, -0.2) is 9.67 Å². The fourth-order valence-electron chi connectivity index (χ4n) is 3.95. The van der Waals surface area contributed by atoms with Gasteiger partial charge in [-0.15, -0.1) is 5.10 Å². The summed E-state index contributed by atoms with van der Waals surface area (Å²) in [7, 11) is 0. The number of hydrogen-bond acceptors (Lipinski definition) is 6. The summed E-state index contributed by atoms with van der Waals surface area (Å²) in [4.78, 5) is 6.84. The number of fused-ring (bicyclic) bond motifs is 1. The molecule has 0 radical (unpaired) electrons. The Hall–Kier alpha value is -2.50. The standard InChI is InChI=1S/C22H23BrN6O/c23-20-19(6-5-18-21(20)26-27-29(18)13-16-3-4-16)30-22-17(2-1-9-25-22)14-28-10-7-15(12-24)8-11-28/h1-2,5-6,9,15-16H,3-4,7-8,10-11,13-14H2. The first-order chi connectivity index (χ1) is 14.7. The summed E-state index contributed by atoms with van der Waals surface area (Å²) < 4.78 is 9.01. The molecule has 2 aromatic heterocycles. The van der Waals surface area contributed by atoms with E-state index in [-0.39, 0.29) is 5.92 Å². The van der Waals surface area contributed by atoms with Crippen LogP contribution >= 0.6 is 15.9 Å². The summed E-state index contributed by atoms with van der Waals surface area (Å²) in [5.74, 6) is 2.20. The third-order valence-corrected chi connectivity index (χ3v) is 6.71. The second-order valence-corrected chi connectivity index (χ2v) is 9.00. The van der Waals surface area contributed by atoms with E-state index in [0.717, 1.165) is 66.0 Å². The van der Waals surface area contributed by atoms with Crippen molar-refractivity contribution in [2.45, 2.75) is 38.8 Å². The smallest absolute Gasteiger partial charge is 0.223 e. The van der Waals surface area contributed by atoms with Crippen LogP contribution in [-0.2, 0) is 13.1 Å². The number of piperidine rings is 1. The Morgan fingerprint density at radius 1 is 1.17 bits per heavy atom. The second-order valence-electron chi connectivity index (χ2n) is 8.21. The van der Waals surface area contributed by atoms with Crippen molar-refractivity contribution in [3.8, 4) is 17.7 Å². The number of halogens is 1. The number of nitrogens with zero attached hydrogens (tertiary/aromatic N) is 6. The van der Waals surface area contributed by atoms with Crippen LogP contribution in [0.3, 0.4) is 0 Å². The topological polar surface area (TPSA) is 79.9 Å². The molecule has 30 heavy (non-hydrogen) atoms. The lowest BCUT2D eigenvalue weighted by molar-refractivity contribution is 0.196. The second kappa shape index (κ2) is 8.32. The lowest BCUT2D eigenvalue weighted by Gasteiger charge is -2.29. The van der Waals surface area contributed by atoms with Crippen molar-refractivity contribution in [2.24, 2.45) is 11.8 Å². The molecule has 0 bridgehead atoms. The SMILES string of the molecule is N#CC1CCN(Cc2cccnc2Oc2ccc3c(nnn3CC3CC3)c2Br)CC1. The molecule has 1 saturated carbocycles. The van der Waals surface area contributed by atoms with Crippen molar-refractivity contribution in [2.75, 3.05) is 13.1 Å². The summed E-state index contributed by atoms with van der Waals surface area (Å²) in [6.45, 7) is 3.54. The Morgan fingerprint density at radius 2 is 2.00 bits per heavy atom. The molecule has 0 spiro atoms. The highest BCUT2D eigenvalue weighted by Gasteiger charge is 2.24. The minimum atomic E-state index is 0.182. The fourth-order valence-corrected chi connectivity index (χ4v) is 4.44. The zero-order valence-corrected chi connectivity index (χ0v) is 18.3. The van der Waals surface area contributed by atoms with Gasteiger partial charge in [-0.3, -0.25) is 4.90 Å². The summed E-state index contributed by atoms with van der Waals surface area (Å²) in [6.07, 6.45) is 6.15. The first-order valence-corrected chi connectivity index (χ1v) is 11.3. The van der Waals surface area contributed by atoms with E-state index >= 15 is 0 Å². The Morgan fingerprint density at radius 3 is 2.77 bits per heavy atom. The van der Waals surface area contributed by atoms with Gasteiger partial charge in [0.1, 0.15) is 11.3 Å². The highest BCUT2D eigenvalue weighted by molar-refractivity contribution is 9.10. The van der Waals surface area contributed by atoms with Crippen LogP contribution in [-0.4, -0.2) is 38.0 Å². The number of aromatic nitrogens is 4. The monoisotopic (exact) mass is 466 g/mol. The number of pyridine rings is 1. The van der Waals surface area contributed by atoms with Crippen LogP contribution in [0.5, 0.6) is 11.6 Å². The quantitative estimate of drug-likeness (QED) is 0.530. The fraction of sp³-hybridized carbons (Fsp3) is 0.455. The van der Waals surface area contributed by atoms with Crippen LogP contribution in [0.25, 0.3) is 11.0 Å². The molecule has 2 fully saturated rings. The maximum absolute atomic E-state index is 9.11. The van der Waals surface area contributed by atoms with Crippen molar-refractivity contribution < 1.29 is 4.74 Å². The van der Waals surface area contributed by atoms with Crippen LogP contribution in [0.2, 0.25) is 0 Å². The molecular formula is C22H23BrN6O. The molecule has 1 aromatic carbocycles. The largest absolute Gasteiger partial charge is 0.437 e. The molecule has 3 aromatic rings. The van der Waals surface area contributed by atoms with Gasteiger partial charge in [-0.05, 0) is 78.8 Å². The molecule has 0 N–H and O–H groups in total. The number of ether oxygens (including phenoxy) is 1. The molecule has 0 atom stereocenters. The van der Waals surface area contributed by atoms with Crippen molar-refractivity contribution in [1.82, 2.24) is 24.9 Å². The van der Waals surface area contributed by atoms with Crippen molar-refractivity contribution in [1.29, 1.82) is 5.26 Å². The molecule has 0 unspecified atom stereocenters. The van der Waals surface area contributed by atoms with Gasteiger partial charge in [0.05, 0.1) is 16.1 Å². The van der Waals surface area contributed by atoms with Gasteiger partial charge in [-0.1, -0.05) is 11.3 Å². The maximum Gasteiger partial charge on any atom is 0.223 e. The molecule has 7 nitrogen and oxygen atoms in total. The van der Waals surface area contributed by atoms with E-state index in [1.807, 2.05) is 22.9 Å². The van der Waals surface area contributed by atoms with Crippen LogP contribution < -0.4 is 4.74 Å². The summed E-state index contributed by atoms with van der Waals surface area (Å²) in [5, 5.41) is 17.8. The van der Waals surface area contributed by atoms with Gasteiger partial charge in [0.25, 0.3) is 0 Å². The van der Waals surface area contributed by atoms with Crippen LogP contribution in [0.15, 0.2) is 34.9 Å². The van der Waals surface area contributed by atoms with Gasteiger partial charge >= 0.3 is 0 Å². The zero-order chi connectivity index (χ0) is 20.5. The highest BCUT2D eigenvalue weighted by atomic mass is 79.9. The van der Waals surface area contributed by atoms with E-state index < -0.39 is 0 Å². The predicted octanol–water partition coefficient (Wildman–Crippen LogP) is 4.53. The molecule has 8 heteroatoms. The molecular weight excluding hydrogens is 444 g/mol. The normalized spacial score (nSPS) is 17.9. The third kappa shape index (κ3) is 4.05. The molecule has 2 aliphatic rings. The predicted molar refractivity (Wildman–Crippen MR) is 116 cm³/mol. The van der Waals surface area contributed by atoms with Gasteiger partial charge in [0.15, 0.2) is 0 Å². The van der Waals surface area contributed by atoms with Crippen LogP contribution in [0.4, 0.5) is 0 Å². The van der Waals surface area contributed by atoms with Gasteiger partial charge < -0.3 is 4.74 Å². The molecule has 1 aliphatic carbocycles. The molecule has 3 heterocycles. The molecule has 1 aliphatic heterocycles. The number of nitriles is 1. The third-order valence-electron chi connectivity index (χ3n) is 5.94. The Labute approximate surface area is 183 Å². The Bertz CT molecular complexity index is 1090. The van der Waals surface area contributed by atoms with E-state index in [0.29, 0.717) is 11.6 Å². The molecule has 1 saturated heterocycles. The molecule has 154 valence electrons. The average molecular weight is 467 g/mol. The van der Waals surface area contributed by atoms with Crippen LogP contribution in [0.1, 0.15) is 31.2 Å². The van der Waals surface area contributed by atoms with Gasteiger partial charge in [-0.2, -0.15) is 5.26 Å². The minimum Gasteiger partial charge on any atom is -0.437 e. The summed E-state index contributed by atoms with van der Waals surface area (Å²) >= 11 is 3.66. The zero-order valence-electron chi connectivity index (χ0n) is 16.7. The lowest BCUT2D eigenvalue weighted by Crippen LogP contribution is -2.32. The summed E-state index contributed by atoms with van der Waals surface area (Å²) in [5.41, 5.74) is 2.87. The van der Waals surface area contributed by atoms with E-state index in [2.05, 4.69) is 48.3 Å². The van der Waals surface area contributed by atoms with Gasteiger partial charge in [0.2, 0.25) is 5.88 Å². The van der Waals surface area contributed by atoms with Crippen LogP contribution in [0, 0.1) is 23.2 Å². The molecule has 5 rings (SSSR count). The van der Waals surface area contributed by atoms with E-state index in [4.69, 9.17) is 10.00 Å². The van der Waals surface area contributed by atoms with E-state index in [1.54, 1.807) is 6.20 Å². The Kier molecular flexibility index (Phi) is 5.40. The minimum absolute atomic E-state index is 0.182. The first kappa shape index (κ1) is 19.5. The van der Waals surface area contributed by atoms with Gasteiger partial charge in [0, 0.05) is 30.8 Å².